The number of nitrogens with one attached hydrogen (secondary N) is 3. The van der Waals surface area contributed by atoms with Crippen molar-refractivity contribution in [1.82, 2.24) is 14.6 Å². The van der Waals surface area contributed by atoms with Crippen molar-refractivity contribution in [2.75, 3.05) is 16.0 Å². The van der Waals surface area contributed by atoms with Crippen LogP contribution in [0.4, 0.5) is 22.0 Å². The van der Waals surface area contributed by atoms with Gasteiger partial charge in [-0.3, -0.25) is 0 Å². The van der Waals surface area contributed by atoms with Gasteiger partial charge in [0.15, 0.2) is 5.65 Å². The Labute approximate surface area is 202 Å². The number of benzene rings is 3. The molecule has 0 aliphatic heterocycles. The number of urea groups is 1. The van der Waals surface area contributed by atoms with Crippen LogP contribution < -0.4 is 16.0 Å². The highest BCUT2D eigenvalue weighted by molar-refractivity contribution is 5.99. The van der Waals surface area contributed by atoms with Gasteiger partial charge in [-0.1, -0.05) is 36.4 Å². The van der Waals surface area contributed by atoms with Gasteiger partial charge in [0.1, 0.15) is 11.6 Å². The van der Waals surface area contributed by atoms with Crippen LogP contribution in [0.1, 0.15) is 11.1 Å². The fourth-order valence-corrected chi connectivity index (χ4v) is 3.84. The fourth-order valence-electron chi connectivity index (χ4n) is 3.84. The second kappa shape index (κ2) is 9.56. The molecule has 8 heteroatoms. The summed E-state index contributed by atoms with van der Waals surface area (Å²) in [5.74, 6) is 0.895. The van der Waals surface area contributed by atoms with Crippen molar-refractivity contribution >= 4 is 28.9 Å². The minimum Gasteiger partial charge on any atom is -0.507 e. The van der Waals surface area contributed by atoms with E-state index >= 15 is 0 Å². The van der Waals surface area contributed by atoms with Crippen molar-refractivity contribution in [3.05, 3.63) is 102 Å². The Bertz CT molecular complexity index is 1510. The number of phenols is 1. The smallest absolute Gasteiger partial charge is 0.323 e. The maximum atomic E-state index is 12.4. The summed E-state index contributed by atoms with van der Waals surface area (Å²) in [6.45, 7) is 2.47. The van der Waals surface area contributed by atoms with Crippen LogP contribution in [0.2, 0.25) is 0 Å². The molecule has 5 rings (SSSR count). The molecule has 0 atom stereocenters. The quantitative estimate of drug-likeness (QED) is 0.259. The first kappa shape index (κ1) is 22.0. The standard InChI is InChI=1S/C27H24N6O2/c1-18-6-4-8-20(14-18)30-27(35)31-21-9-5-7-19(15-21)17-28-26-16-23(22-10-2-3-11-24(22)34)32-25-12-13-29-33(25)26/h2-16,28,34H,17H2,1H3,(H2,30,31,35). The first-order valence-electron chi connectivity index (χ1n) is 11.2. The van der Waals surface area contributed by atoms with Gasteiger partial charge in [-0.2, -0.15) is 9.61 Å². The van der Waals surface area contributed by atoms with E-state index in [4.69, 9.17) is 0 Å². The molecular formula is C27H24N6O2. The molecule has 0 saturated carbocycles. The van der Waals surface area contributed by atoms with Gasteiger partial charge in [0.05, 0.1) is 11.9 Å². The lowest BCUT2D eigenvalue weighted by atomic mass is 10.1. The van der Waals surface area contributed by atoms with E-state index in [0.29, 0.717) is 29.1 Å². The monoisotopic (exact) mass is 464 g/mol. The number of rotatable bonds is 6. The summed E-state index contributed by atoms with van der Waals surface area (Å²) in [5.41, 5.74) is 5.41. The Hall–Kier alpha value is -4.85. The first-order chi connectivity index (χ1) is 17.0. The Kier molecular flexibility index (Phi) is 6.00. The normalized spacial score (nSPS) is 10.8. The summed E-state index contributed by atoms with van der Waals surface area (Å²) in [6, 6.07) is 25.7. The summed E-state index contributed by atoms with van der Waals surface area (Å²) < 4.78 is 1.71. The number of amides is 2. The lowest BCUT2D eigenvalue weighted by Gasteiger charge is -2.13. The number of fused-ring (bicyclic) bond motifs is 1. The number of para-hydroxylation sites is 1. The molecule has 4 N–H and O–H groups in total. The van der Waals surface area contributed by atoms with Crippen LogP contribution in [0.5, 0.6) is 5.75 Å². The van der Waals surface area contributed by atoms with Crippen molar-refractivity contribution in [2.45, 2.75) is 13.5 Å². The Morgan fingerprint density at radius 2 is 1.69 bits per heavy atom. The lowest BCUT2D eigenvalue weighted by Crippen LogP contribution is -2.19. The van der Waals surface area contributed by atoms with Gasteiger partial charge in [-0.25, -0.2) is 9.78 Å². The zero-order valence-corrected chi connectivity index (χ0v) is 19.1. The third-order valence-electron chi connectivity index (χ3n) is 5.47. The summed E-state index contributed by atoms with van der Waals surface area (Å²) in [6.07, 6.45) is 1.68. The molecule has 3 aromatic carbocycles. The number of nitrogens with zero attached hydrogens (tertiary/aromatic N) is 3. The van der Waals surface area contributed by atoms with E-state index in [-0.39, 0.29) is 11.8 Å². The molecule has 5 aromatic rings. The highest BCUT2D eigenvalue weighted by Gasteiger charge is 2.11. The predicted molar refractivity (Wildman–Crippen MR) is 138 cm³/mol. The van der Waals surface area contributed by atoms with Crippen LogP contribution in [0.25, 0.3) is 16.9 Å². The van der Waals surface area contributed by atoms with E-state index in [2.05, 4.69) is 26.0 Å². The number of hydrogen-bond acceptors (Lipinski definition) is 5. The van der Waals surface area contributed by atoms with Crippen LogP contribution in [0, 0.1) is 6.92 Å². The first-order valence-corrected chi connectivity index (χ1v) is 11.2. The van der Waals surface area contributed by atoms with Crippen molar-refractivity contribution in [3.8, 4) is 17.0 Å². The second-order valence-electron chi connectivity index (χ2n) is 8.15. The highest BCUT2D eigenvalue weighted by atomic mass is 16.3. The molecule has 0 unspecified atom stereocenters. The zero-order valence-electron chi connectivity index (χ0n) is 19.1. The Balaban J connectivity index is 1.31. The number of anilines is 3. The van der Waals surface area contributed by atoms with Crippen LogP contribution in [-0.2, 0) is 6.54 Å². The minimum absolute atomic E-state index is 0.164. The Morgan fingerprint density at radius 3 is 2.49 bits per heavy atom. The van der Waals surface area contributed by atoms with Gasteiger partial charge in [0, 0.05) is 35.6 Å². The van der Waals surface area contributed by atoms with Gasteiger partial charge >= 0.3 is 6.03 Å². The summed E-state index contributed by atoms with van der Waals surface area (Å²) >= 11 is 0. The molecule has 2 heterocycles. The van der Waals surface area contributed by atoms with E-state index in [1.807, 2.05) is 79.7 Å². The average molecular weight is 465 g/mol. The van der Waals surface area contributed by atoms with Crippen molar-refractivity contribution in [3.63, 3.8) is 0 Å². The summed E-state index contributed by atoms with van der Waals surface area (Å²) in [7, 11) is 0. The number of aryl methyl sites for hydroxylation is 1. The molecule has 0 aliphatic rings. The largest absolute Gasteiger partial charge is 0.507 e. The van der Waals surface area contributed by atoms with E-state index < -0.39 is 0 Å². The van der Waals surface area contributed by atoms with Gasteiger partial charge in [0.2, 0.25) is 0 Å². The number of carbonyl (C=O) groups excluding carboxylic acids is 1. The molecule has 35 heavy (non-hydrogen) atoms. The molecular weight excluding hydrogens is 440 g/mol. The third kappa shape index (κ3) is 5.06. The fraction of sp³-hybridized carbons (Fsp3) is 0.0741. The molecule has 0 radical (unpaired) electrons. The van der Waals surface area contributed by atoms with E-state index in [1.165, 1.54) is 0 Å². The van der Waals surface area contributed by atoms with E-state index in [0.717, 1.165) is 22.6 Å². The van der Waals surface area contributed by atoms with Crippen molar-refractivity contribution in [2.24, 2.45) is 0 Å². The molecule has 0 aliphatic carbocycles. The SMILES string of the molecule is Cc1cccc(NC(=O)Nc2cccc(CNc3cc(-c4ccccc4O)nc4ccnn34)c2)c1. The van der Waals surface area contributed by atoms with Crippen LogP contribution in [0.15, 0.2) is 91.1 Å². The topological polar surface area (TPSA) is 104 Å². The molecule has 8 nitrogen and oxygen atoms in total. The van der Waals surface area contributed by atoms with Crippen LogP contribution in [0.3, 0.4) is 0 Å². The number of carbonyl (C=O) groups is 1. The third-order valence-corrected chi connectivity index (χ3v) is 5.47. The van der Waals surface area contributed by atoms with Gasteiger partial charge in [0.25, 0.3) is 0 Å². The van der Waals surface area contributed by atoms with Crippen LogP contribution >= 0.6 is 0 Å². The zero-order chi connectivity index (χ0) is 24.2. The second-order valence-corrected chi connectivity index (χ2v) is 8.15. The van der Waals surface area contributed by atoms with Crippen molar-refractivity contribution in [1.29, 1.82) is 0 Å². The highest BCUT2D eigenvalue weighted by Crippen LogP contribution is 2.29. The molecule has 0 spiro atoms. The average Bonchev–Trinajstić information content (AvgIpc) is 3.32. The van der Waals surface area contributed by atoms with Crippen molar-refractivity contribution < 1.29 is 9.90 Å². The van der Waals surface area contributed by atoms with Gasteiger partial charge in [-0.15, -0.1) is 0 Å². The van der Waals surface area contributed by atoms with Crippen LogP contribution in [-0.4, -0.2) is 25.7 Å². The van der Waals surface area contributed by atoms with Gasteiger partial charge < -0.3 is 21.1 Å². The number of hydrogen-bond donors (Lipinski definition) is 4. The Morgan fingerprint density at radius 1 is 0.914 bits per heavy atom. The van der Waals surface area contributed by atoms with E-state index in [1.54, 1.807) is 22.8 Å². The molecule has 174 valence electrons. The summed E-state index contributed by atoms with van der Waals surface area (Å²) in [4.78, 5) is 17.0. The number of aromatic nitrogens is 3. The lowest BCUT2D eigenvalue weighted by molar-refractivity contribution is 0.262. The maximum absolute atomic E-state index is 12.4. The number of phenolic OH excluding ortho intramolecular Hbond substituents is 1. The molecule has 0 fully saturated rings. The maximum Gasteiger partial charge on any atom is 0.323 e. The van der Waals surface area contributed by atoms with E-state index in [9.17, 15) is 9.90 Å². The summed E-state index contributed by atoms with van der Waals surface area (Å²) in [5, 5.41) is 23.7. The molecule has 2 amide bonds. The number of aromatic hydroxyl groups is 1. The molecule has 2 aromatic heterocycles. The molecule has 0 saturated heterocycles. The molecule has 0 bridgehead atoms. The van der Waals surface area contributed by atoms with Gasteiger partial charge in [-0.05, 0) is 54.4 Å². The minimum atomic E-state index is -0.305. The predicted octanol–water partition coefficient (Wildman–Crippen LogP) is 5.67.